The Morgan fingerprint density at radius 1 is 1.07 bits per heavy atom. The number of carbonyl (C=O) groups is 1. The molecule has 1 fully saturated rings. The summed E-state index contributed by atoms with van der Waals surface area (Å²) in [5.41, 5.74) is 6.71. The second kappa shape index (κ2) is 7.97. The van der Waals surface area contributed by atoms with Crippen LogP contribution in [0.3, 0.4) is 0 Å². The third-order valence-corrected chi connectivity index (χ3v) is 5.52. The molecule has 0 radical (unpaired) electrons. The Morgan fingerprint density at radius 3 is 2.63 bits per heavy atom. The van der Waals surface area contributed by atoms with Gasteiger partial charge in [0.05, 0.1) is 6.61 Å². The summed E-state index contributed by atoms with van der Waals surface area (Å²) in [6.07, 6.45) is 5.99. The van der Waals surface area contributed by atoms with Gasteiger partial charge >= 0.3 is 0 Å². The monoisotopic (exact) mass is 362 g/mol. The number of nitrogens with one attached hydrogen (secondary N) is 1. The zero-order chi connectivity index (χ0) is 18.6. The maximum Gasteiger partial charge on any atom is 0.291 e. The van der Waals surface area contributed by atoms with Crippen molar-refractivity contribution in [1.82, 2.24) is 10.0 Å². The first-order valence-corrected chi connectivity index (χ1v) is 9.80. The SMILES string of the molecule is Cc1cccc2c1cc(C(=O)NOCc1ccccc1)n2C1CCCCC1. The lowest BCUT2D eigenvalue weighted by atomic mass is 9.95. The fourth-order valence-electron chi connectivity index (χ4n) is 4.12. The second-order valence-electron chi connectivity index (χ2n) is 7.40. The molecule has 1 amide bonds. The number of fused-ring (bicyclic) bond motifs is 1. The Kier molecular flexibility index (Phi) is 5.26. The molecule has 0 aliphatic heterocycles. The van der Waals surface area contributed by atoms with Crippen LogP contribution in [0.4, 0.5) is 0 Å². The van der Waals surface area contributed by atoms with Gasteiger partial charge in [0.1, 0.15) is 5.69 Å². The lowest BCUT2D eigenvalue weighted by Crippen LogP contribution is -2.27. The van der Waals surface area contributed by atoms with Crippen molar-refractivity contribution in [3.05, 3.63) is 71.4 Å². The van der Waals surface area contributed by atoms with Crippen molar-refractivity contribution in [3.8, 4) is 0 Å². The molecule has 0 bridgehead atoms. The number of aryl methyl sites for hydroxylation is 1. The third kappa shape index (κ3) is 3.76. The highest BCUT2D eigenvalue weighted by atomic mass is 16.6. The summed E-state index contributed by atoms with van der Waals surface area (Å²) in [6.45, 7) is 2.45. The van der Waals surface area contributed by atoms with Crippen LogP contribution in [0.1, 0.15) is 59.8 Å². The van der Waals surface area contributed by atoms with Crippen LogP contribution in [0, 0.1) is 6.92 Å². The number of aromatic nitrogens is 1. The van der Waals surface area contributed by atoms with Gasteiger partial charge in [0.25, 0.3) is 5.91 Å². The standard InChI is InChI=1S/C23H26N2O2/c1-17-9-8-14-21-20(17)15-22(25(21)19-12-6-3-7-13-19)23(26)24-27-16-18-10-4-2-5-11-18/h2,4-5,8-11,14-15,19H,3,6-7,12-13,16H2,1H3,(H,24,26). The maximum atomic E-state index is 12.9. The van der Waals surface area contributed by atoms with Crippen molar-refractivity contribution in [2.75, 3.05) is 0 Å². The summed E-state index contributed by atoms with van der Waals surface area (Å²) in [5.74, 6) is -0.174. The summed E-state index contributed by atoms with van der Waals surface area (Å²) in [4.78, 5) is 18.4. The number of rotatable bonds is 5. The smallest absolute Gasteiger partial charge is 0.291 e. The molecule has 1 aliphatic rings. The van der Waals surface area contributed by atoms with Crippen molar-refractivity contribution in [2.24, 2.45) is 0 Å². The molecule has 0 atom stereocenters. The van der Waals surface area contributed by atoms with Gasteiger partial charge in [-0.3, -0.25) is 9.63 Å². The minimum absolute atomic E-state index is 0.174. The first kappa shape index (κ1) is 17.8. The lowest BCUT2D eigenvalue weighted by molar-refractivity contribution is 0.0224. The molecule has 1 saturated carbocycles. The van der Waals surface area contributed by atoms with E-state index >= 15 is 0 Å². The van der Waals surface area contributed by atoms with Crippen LogP contribution in [-0.4, -0.2) is 10.5 Å². The number of hydrogen-bond acceptors (Lipinski definition) is 2. The molecule has 0 spiro atoms. The maximum absolute atomic E-state index is 12.9. The first-order chi connectivity index (χ1) is 13.2. The van der Waals surface area contributed by atoms with Crippen molar-refractivity contribution in [3.63, 3.8) is 0 Å². The molecule has 0 saturated heterocycles. The van der Waals surface area contributed by atoms with Gasteiger partial charge in [-0.2, -0.15) is 0 Å². The highest BCUT2D eigenvalue weighted by Gasteiger charge is 2.24. The van der Waals surface area contributed by atoms with Gasteiger partial charge in [-0.05, 0) is 43.0 Å². The van der Waals surface area contributed by atoms with Crippen LogP contribution in [0.5, 0.6) is 0 Å². The quantitative estimate of drug-likeness (QED) is 0.625. The molecule has 3 aromatic rings. The van der Waals surface area contributed by atoms with Crippen LogP contribution in [0.25, 0.3) is 10.9 Å². The third-order valence-electron chi connectivity index (χ3n) is 5.52. The van der Waals surface area contributed by atoms with E-state index in [-0.39, 0.29) is 5.91 Å². The van der Waals surface area contributed by atoms with E-state index in [4.69, 9.17) is 4.84 Å². The van der Waals surface area contributed by atoms with Gasteiger partial charge in [-0.1, -0.05) is 61.7 Å². The number of amides is 1. The van der Waals surface area contributed by atoms with Gasteiger partial charge in [-0.25, -0.2) is 5.48 Å². The molecule has 4 rings (SSSR count). The average molecular weight is 362 g/mol. The second-order valence-corrected chi connectivity index (χ2v) is 7.40. The molecule has 27 heavy (non-hydrogen) atoms. The minimum Gasteiger partial charge on any atom is -0.333 e. The molecular formula is C23H26N2O2. The van der Waals surface area contributed by atoms with Gasteiger partial charge in [0.2, 0.25) is 0 Å². The summed E-state index contributed by atoms with van der Waals surface area (Å²) in [6, 6.07) is 18.5. The molecule has 1 heterocycles. The summed E-state index contributed by atoms with van der Waals surface area (Å²) in [5, 5.41) is 1.15. The largest absolute Gasteiger partial charge is 0.333 e. The topological polar surface area (TPSA) is 43.3 Å². The van der Waals surface area contributed by atoms with E-state index < -0.39 is 0 Å². The fourth-order valence-corrected chi connectivity index (χ4v) is 4.12. The number of hydrogen-bond donors (Lipinski definition) is 1. The molecule has 2 aromatic carbocycles. The normalized spacial score (nSPS) is 15.1. The number of nitrogens with zero attached hydrogens (tertiary/aromatic N) is 1. The first-order valence-electron chi connectivity index (χ1n) is 9.80. The van der Waals surface area contributed by atoms with Crippen LogP contribution in [0.2, 0.25) is 0 Å². The number of hydroxylamine groups is 1. The fraction of sp³-hybridized carbons (Fsp3) is 0.348. The van der Waals surface area contributed by atoms with E-state index in [1.54, 1.807) is 0 Å². The summed E-state index contributed by atoms with van der Waals surface area (Å²) in [7, 11) is 0. The van der Waals surface area contributed by atoms with E-state index in [0.717, 1.165) is 29.3 Å². The lowest BCUT2D eigenvalue weighted by Gasteiger charge is -2.26. The zero-order valence-corrected chi connectivity index (χ0v) is 15.8. The molecule has 4 nitrogen and oxygen atoms in total. The van der Waals surface area contributed by atoms with E-state index in [1.807, 2.05) is 36.4 Å². The molecule has 1 N–H and O–H groups in total. The Bertz CT molecular complexity index is 924. The number of carbonyl (C=O) groups excluding carboxylic acids is 1. The van der Waals surface area contributed by atoms with E-state index in [0.29, 0.717) is 18.3 Å². The average Bonchev–Trinajstić information content (AvgIpc) is 3.10. The minimum atomic E-state index is -0.174. The van der Waals surface area contributed by atoms with Crippen LogP contribution < -0.4 is 5.48 Å². The summed E-state index contributed by atoms with van der Waals surface area (Å²) < 4.78 is 2.24. The van der Waals surface area contributed by atoms with E-state index in [2.05, 4.69) is 35.2 Å². The highest BCUT2D eigenvalue weighted by Crippen LogP contribution is 2.34. The van der Waals surface area contributed by atoms with Crippen LogP contribution in [0.15, 0.2) is 54.6 Å². The molecule has 1 aromatic heterocycles. The predicted molar refractivity (Wildman–Crippen MR) is 107 cm³/mol. The van der Waals surface area contributed by atoms with Crippen molar-refractivity contribution in [1.29, 1.82) is 0 Å². The zero-order valence-electron chi connectivity index (χ0n) is 15.8. The van der Waals surface area contributed by atoms with Crippen molar-refractivity contribution < 1.29 is 9.63 Å². The van der Waals surface area contributed by atoms with Gasteiger partial charge in [0, 0.05) is 16.9 Å². The predicted octanol–water partition coefficient (Wildman–Crippen LogP) is 5.32. The van der Waals surface area contributed by atoms with Crippen molar-refractivity contribution >= 4 is 16.8 Å². The Balaban J connectivity index is 1.59. The van der Waals surface area contributed by atoms with Gasteiger partial charge < -0.3 is 4.57 Å². The van der Waals surface area contributed by atoms with Crippen molar-refractivity contribution in [2.45, 2.75) is 51.7 Å². The molecular weight excluding hydrogens is 336 g/mol. The van der Waals surface area contributed by atoms with E-state index in [1.165, 1.54) is 24.8 Å². The molecule has 1 aliphatic carbocycles. The van der Waals surface area contributed by atoms with E-state index in [9.17, 15) is 4.79 Å². The Labute approximate surface area is 160 Å². The summed E-state index contributed by atoms with van der Waals surface area (Å²) >= 11 is 0. The van der Waals surface area contributed by atoms with Crippen LogP contribution >= 0.6 is 0 Å². The van der Waals surface area contributed by atoms with Crippen LogP contribution in [-0.2, 0) is 11.4 Å². The highest BCUT2D eigenvalue weighted by molar-refractivity contribution is 5.99. The van der Waals surface area contributed by atoms with Gasteiger partial charge in [-0.15, -0.1) is 0 Å². The molecule has 0 unspecified atom stereocenters. The Hall–Kier alpha value is -2.59. The molecule has 4 heteroatoms. The molecule has 140 valence electrons. The Morgan fingerprint density at radius 2 is 1.85 bits per heavy atom. The number of benzene rings is 2. The van der Waals surface area contributed by atoms with Gasteiger partial charge in [0.15, 0.2) is 0 Å².